The van der Waals surface area contributed by atoms with Gasteiger partial charge in [-0.25, -0.2) is 0 Å². The number of aryl methyl sites for hydroxylation is 1. The molecule has 0 amide bonds. The molecule has 4 nitrogen and oxygen atoms in total. The second kappa shape index (κ2) is 5.04. The molecule has 0 N–H and O–H groups in total. The van der Waals surface area contributed by atoms with Gasteiger partial charge in [0.2, 0.25) is 9.04 Å². The second-order valence-electron chi connectivity index (χ2n) is 3.59. The van der Waals surface area contributed by atoms with E-state index >= 15 is 0 Å². The molecule has 81 valence electrons. The van der Waals surface area contributed by atoms with Crippen molar-refractivity contribution in [2.45, 2.75) is 26.6 Å². The number of hydrogen-bond acceptors (Lipinski definition) is 3. The van der Waals surface area contributed by atoms with Crippen LogP contribution in [0.2, 0.25) is 13.1 Å². The fourth-order valence-corrected chi connectivity index (χ4v) is 1.67. The third-order valence-electron chi connectivity index (χ3n) is 1.95. The lowest BCUT2D eigenvalue weighted by Crippen LogP contribution is -2.08. The van der Waals surface area contributed by atoms with Gasteiger partial charge in [-0.2, -0.15) is 0 Å². The normalized spacial score (nSPS) is 10.7. The molecule has 0 atom stereocenters. The predicted octanol–water partition coefficient (Wildman–Crippen LogP) is 2.67. The van der Waals surface area contributed by atoms with E-state index < -0.39 is 9.04 Å². The first-order chi connectivity index (χ1) is 7.00. The molecule has 0 bridgehead atoms. The van der Waals surface area contributed by atoms with Crippen molar-refractivity contribution in [2.75, 3.05) is 0 Å². The van der Waals surface area contributed by atoms with E-state index in [2.05, 4.69) is 0 Å². The number of nitro benzene ring substituents is 1. The summed E-state index contributed by atoms with van der Waals surface area (Å²) >= 11 is 0. The van der Waals surface area contributed by atoms with Crippen LogP contribution in [0.15, 0.2) is 18.2 Å². The highest BCUT2D eigenvalue weighted by Gasteiger charge is 2.13. The van der Waals surface area contributed by atoms with Crippen molar-refractivity contribution in [3.63, 3.8) is 0 Å². The summed E-state index contributed by atoms with van der Waals surface area (Å²) in [6.45, 7) is 6.26. The van der Waals surface area contributed by atoms with Gasteiger partial charge in [-0.3, -0.25) is 10.1 Å². The highest BCUT2D eigenvalue weighted by Crippen LogP contribution is 2.20. The van der Waals surface area contributed by atoms with Crippen LogP contribution in [0.25, 0.3) is 0 Å². The molecule has 0 heterocycles. The second-order valence-corrected chi connectivity index (χ2v) is 5.69. The first kappa shape index (κ1) is 11.9. The minimum absolute atomic E-state index is 0.142. The molecule has 0 aliphatic heterocycles. The number of rotatable bonds is 4. The lowest BCUT2D eigenvalue weighted by atomic mass is 10.1. The van der Waals surface area contributed by atoms with E-state index in [1.165, 1.54) is 6.07 Å². The lowest BCUT2D eigenvalue weighted by Gasteiger charge is -2.07. The molecule has 0 unspecified atom stereocenters. The van der Waals surface area contributed by atoms with Crippen LogP contribution in [0.1, 0.15) is 11.1 Å². The van der Waals surface area contributed by atoms with Gasteiger partial charge in [-0.15, -0.1) is 0 Å². The van der Waals surface area contributed by atoms with Gasteiger partial charge in [-0.1, -0.05) is 11.6 Å². The van der Waals surface area contributed by atoms with E-state index in [9.17, 15) is 10.1 Å². The van der Waals surface area contributed by atoms with E-state index in [1.54, 1.807) is 6.07 Å². The summed E-state index contributed by atoms with van der Waals surface area (Å²) in [6.07, 6.45) is 0. The maximum Gasteiger partial charge on any atom is 0.274 e. The Bertz CT molecular complexity index is 366. The quantitative estimate of drug-likeness (QED) is 0.449. The zero-order valence-corrected chi connectivity index (χ0v) is 10.1. The standard InChI is InChI=1S/C10H14NO3Si/c1-8-4-5-10(11(12)13)9(6-8)7-14-15(2)3/h4-6H,7H2,1-3H3. The van der Waals surface area contributed by atoms with Crippen molar-refractivity contribution in [1.82, 2.24) is 0 Å². The van der Waals surface area contributed by atoms with Crippen molar-refractivity contribution in [3.8, 4) is 0 Å². The van der Waals surface area contributed by atoms with Crippen LogP contribution in [0, 0.1) is 17.0 Å². The molecular formula is C10H14NO3Si. The Balaban J connectivity index is 2.92. The topological polar surface area (TPSA) is 52.4 Å². The summed E-state index contributed by atoms with van der Waals surface area (Å²) < 4.78 is 5.47. The summed E-state index contributed by atoms with van der Waals surface area (Å²) in [7, 11) is -0.809. The number of nitro groups is 1. The SMILES string of the molecule is Cc1ccc([N+](=O)[O-])c(CO[Si](C)C)c1. The fourth-order valence-electron chi connectivity index (χ4n) is 1.23. The van der Waals surface area contributed by atoms with Gasteiger partial charge in [0.15, 0.2) is 0 Å². The molecule has 1 aromatic rings. The highest BCUT2D eigenvalue weighted by atomic mass is 28.3. The summed E-state index contributed by atoms with van der Waals surface area (Å²) in [5.41, 5.74) is 1.82. The molecule has 0 fully saturated rings. The first-order valence-corrected chi connectivity index (χ1v) is 7.08. The Morgan fingerprint density at radius 1 is 1.47 bits per heavy atom. The van der Waals surface area contributed by atoms with Gasteiger partial charge in [0.25, 0.3) is 5.69 Å². The Morgan fingerprint density at radius 3 is 2.67 bits per heavy atom. The molecular weight excluding hydrogens is 210 g/mol. The summed E-state index contributed by atoms with van der Waals surface area (Å²) in [5, 5.41) is 10.7. The molecule has 0 aliphatic carbocycles. The Hall–Kier alpha value is -1.20. The number of benzene rings is 1. The van der Waals surface area contributed by atoms with Crippen molar-refractivity contribution in [1.29, 1.82) is 0 Å². The van der Waals surface area contributed by atoms with Crippen LogP contribution in [0.3, 0.4) is 0 Å². The molecule has 15 heavy (non-hydrogen) atoms. The molecule has 1 rings (SSSR count). The van der Waals surface area contributed by atoms with E-state index in [0.717, 1.165) is 5.56 Å². The highest BCUT2D eigenvalue weighted by molar-refractivity contribution is 6.48. The van der Waals surface area contributed by atoms with Gasteiger partial charge in [-0.05, 0) is 26.1 Å². The summed E-state index contributed by atoms with van der Waals surface area (Å²) in [5.74, 6) is 0. The predicted molar refractivity (Wildman–Crippen MR) is 60.1 cm³/mol. The van der Waals surface area contributed by atoms with Crippen LogP contribution >= 0.6 is 0 Å². The summed E-state index contributed by atoms with van der Waals surface area (Å²) in [4.78, 5) is 10.4. The Morgan fingerprint density at radius 2 is 2.13 bits per heavy atom. The number of hydrogen-bond donors (Lipinski definition) is 0. The molecule has 0 saturated carbocycles. The largest absolute Gasteiger partial charge is 0.413 e. The smallest absolute Gasteiger partial charge is 0.274 e. The van der Waals surface area contributed by atoms with Crippen molar-refractivity contribution < 1.29 is 9.35 Å². The lowest BCUT2D eigenvalue weighted by molar-refractivity contribution is -0.385. The Kier molecular flexibility index (Phi) is 3.99. The molecule has 0 aliphatic rings. The third kappa shape index (κ3) is 3.45. The van der Waals surface area contributed by atoms with Crippen LogP contribution in [-0.4, -0.2) is 14.0 Å². The van der Waals surface area contributed by atoms with Crippen LogP contribution in [-0.2, 0) is 11.0 Å². The van der Waals surface area contributed by atoms with Crippen molar-refractivity contribution in [3.05, 3.63) is 39.4 Å². The minimum Gasteiger partial charge on any atom is -0.413 e. The molecule has 0 aromatic heterocycles. The monoisotopic (exact) mass is 224 g/mol. The van der Waals surface area contributed by atoms with Gasteiger partial charge >= 0.3 is 0 Å². The van der Waals surface area contributed by atoms with Crippen molar-refractivity contribution >= 4 is 14.7 Å². The van der Waals surface area contributed by atoms with Gasteiger partial charge < -0.3 is 4.43 Å². The average molecular weight is 224 g/mol. The van der Waals surface area contributed by atoms with E-state index in [1.807, 2.05) is 26.1 Å². The van der Waals surface area contributed by atoms with E-state index in [0.29, 0.717) is 12.2 Å². The zero-order chi connectivity index (χ0) is 11.4. The minimum atomic E-state index is -0.809. The summed E-state index contributed by atoms with van der Waals surface area (Å²) in [6, 6.07) is 5.08. The maximum absolute atomic E-state index is 10.7. The molecule has 5 heteroatoms. The van der Waals surface area contributed by atoms with Gasteiger partial charge in [0.05, 0.1) is 17.1 Å². The maximum atomic E-state index is 10.7. The van der Waals surface area contributed by atoms with Gasteiger partial charge in [0, 0.05) is 6.07 Å². The van der Waals surface area contributed by atoms with Crippen molar-refractivity contribution in [2.24, 2.45) is 0 Å². The fraction of sp³-hybridized carbons (Fsp3) is 0.400. The van der Waals surface area contributed by atoms with Crippen LogP contribution < -0.4 is 0 Å². The first-order valence-electron chi connectivity index (χ1n) is 4.67. The number of nitrogens with zero attached hydrogens (tertiary/aromatic N) is 1. The third-order valence-corrected chi connectivity index (χ3v) is 2.67. The molecule has 1 radical (unpaired) electrons. The van der Waals surface area contributed by atoms with Crippen LogP contribution in [0.5, 0.6) is 0 Å². The molecule has 1 aromatic carbocycles. The van der Waals surface area contributed by atoms with E-state index in [4.69, 9.17) is 4.43 Å². The zero-order valence-electron chi connectivity index (χ0n) is 9.11. The van der Waals surface area contributed by atoms with Gasteiger partial charge in [0.1, 0.15) is 0 Å². The van der Waals surface area contributed by atoms with Crippen LogP contribution in [0.4, 0.5) is 5.69 Å². The molecule has 0 saturated heterocycles. The van der Waals surface area contributed by atoms with E-state index in [-0.39, 0.29) is 10.6 Å². The molecule has 0 spiro atoms. The average Bonchev–Trinajstić information content (AvgIpc) is 2.14. The Labute approximate surface area is 90.8 Å².